The third kappa shape index (κ3) is 2.98. The molecule has 2 fully saturated rings. The molecule has 0 bridgehead atoms. The van der Waals surface area contributed by atoms with Crippen LogP contribution in [0.15, 0.2) is 54.6 Å². The number of carbonyl (C=O) groups excluding carboxylic acids is 1. The van der Waals surface area contributed by atoms with E-state index in [1.807, 2.05) is 6.07 Å². The number of rotatable bonds is 3. The molecule has 0 aromatic heterocycles. The molecule has 0 N–H and O–H groups in total. The summed E-state index contributed by atoms with van der Waals surface area (Å²) in [6.45, 7) is 4.75. The molecule has 130 valence electrons. The number of nitrogens with zero attached hydrogens (tertiary/aromatic N) is 2. The van der Waals surface area contributed by atoms with Gasteiger partial charge in [0.2, 0.25) is 5.91 Å². The van der Waals surface area contributed by atoms with Gasteiger partial charge in [-0.2, -0.15) is 0 Å². The van der Waals surface area contributed by atoms with Crippen LogP contribution in [0.25, 0.3) is 0 Å². The van der Waals surface area contributed by atoms with Crippen LogP contribution in [0.1, 0.15) is 35.6 Å². The third-order valence-corrected chi connectivity index (χ3v) is 5.79. The zero-order valence-electron chi connectivity index (χ0n) is 15.1. The normalized spacial score (nSPS) is 22.6. The minimum atomic E-state index is -0.281. The highest BCUT2D eigenvalue weighted by atomic mass is 16.2. The van der Waals surface area contributed by atoms with E-state index in [0.29, 0.717) is 5.91 Å². The summed E-state index contributed by atoms with van der Waals surface area (Å²) in [7, 11) is 2.14. The number of likely N-dealkylation sites (N-methyl/N-ethyl adjacent to an activating group) is 1. The van der Waals surface area contributed by atoms with Gasteiger partial charge in [-0.25, -0.2) is 0 Å². The highest BCUT2D eigenvalue weighted by Crippen LogP contribution is 2.50. The lowest BCUT2D eigenvalue weighted by Gasteiger charge is -2.42. The van der Waals surface area contributed by atoms with Crippen molar-refractivity contribution in [1.29, 1.82) is 0 Å². The molecule has 1 saturated carbocycles. The highest BCUT2D eigenvalue weighted by molar-refractivity contribution is 5.91. The summed E-state index contributed by atoms with van der Waals surface area (Å²) in [6, 6.07) is 19.2. The molecule has 2 aromatic rings. The van der Waals surface area contributed by atoms with Gasteiger partial charge in [0.05, 0.1) is 11.5 Å². The van der Waals surface area contributed by atoms with Crippen LogP contribution in [0, 0.1) is 6.92 Å². The molecule has 0 unspecified atom stereocenters. The summed E-state index contributed by atoms with van der Waals surface area (Å²) in [5, 5.41) is 0. The second-order valence-corrected chi connectivity index (χ2v) is 7.64. The second kappa shape index (κ2) is 6.30. The van der Waals surface area contributed by atoms with Gasteiger partial charge in [-0.15, -0.1) is 0 Å². The number of carbonyl (C=O) groups is 1. The molecule has 2 aliphatic rings. The number of amides is 1. The highest BCUT2D eigenvalue weighted by Gasteiger charge is 2.54. The molecule has 1 saturated heterocycles. The topological polar surface area (TPSA) is 23.6 Å². The van der Waals surface area contributed by atoms with Crippen LogP contribution >= 0.6 is 0 Å². The van der Waals surface area contributed by atoms with E-state index in [9.17, 15) is 4.79 Å². The van der Waals surface area contributed by atoms with Crippen molar-refractivity contribution >= 4 is 5.91 Å². The van der Waals surface area contributed by atoms with Gasteiger partial charge in [-0.1, -0.05) is 60.2 Å². The Labute approximate surface area is 150 Å². The van der Waals surface area contributed by atoms with E-state index in [4.69, 9.17) is 0 Å². The van der Waals surface area contributed by atoms with Crippen molar-refractivity contribution < 1.29 is 4.79 Å². The van der Waals surface area contributed by atoms with Gasteiger partial charge in [0.1, 0.15) is 0 Å². The van der Waals surface area contributed by atoms with Gasteiger partial charge in [0.15, 0.2) is 0 Å². The van der Waals surface area contributed by atoms with Crippen LogP contribution < -0.4 is 0 Å². The van der Waals surface area contributed by atoms with Crippen LogP contribution in [0.5, 0.6) is 0 Å². The smallest absolute Gasteiger partial charge is 0.233 e. The molecule has 1 amide bonds. The molecule has 1 atom stereocenters. The fourth-order valence-electron chi connectivity index (χ4n) is 4.02. The summed E-state index contributed by atoms with van der Waals surface area (Å²) in [4.78, 5) is 18.0. The second-order valence-electron chi connectivity index (χ2n) is 7.64. The van der Waals surface area contributed by atoms with Crippen LogP contribution in [-0.4, -0.2) is 42.4 Å². The Morgan fingerprint density at radius 1 is 1.00 bits per heavy atom. The zero-order valence-corrected chi connectivity index (χ0v) is 15.1. The molecular formula is C22H26N2O. The number of hydrogen-bond donors (Lipinski definition) is 0. The molecule has 1 aliphatic carbocycles. The van der Waals surface area contributed by atoms with E-state index < -0.39 is 0 Å². The molecule has 4 rings (SSSR count). The Hall–Kier alpha value is -2.13. The standard InChI is InChI=1S/C22H26N2O/c1-17-8-10-19(11-9-17)22(12-13-22)21(25)24-15-14-23(2)16-20(24)18-6-4-3-5-7-18/h3-11,20H,12-16H2,1-2H3/t20-/m1/s1. The predicted molar refractivity (Wildman–Crippen MR) is 100 cm³/mol. The molecule has 0 radical (unpaired) electrons. The number of piperazine rings is 1. The van der Waals surface area contributed by atoms with E-state index in [-0.39, 0.29) is 11.5 Å². The van der Waals surface area contributed by atoms with Gasteiger partial charge in [0.25, 0.3) is 0 Å². The Kier molecular flexibility index (Phi) is 4.12. The first kappa shape index (κ1) is 16.3. The molecule has 3 heteroatoms. The number of aryl methyl sites for hydroxylation is 1. The van der Waals surface area contributed by atoms with Gasteiger partial charge >= 0.3 is 0 Å². The molecule has 3 nitrogen and oxygen atoms in total. The molecular weight excluding hydrogens is 308 g/mol. The first-order valence-electron chi connectivity index (χ1n) is 9.22. The third-order valence-electron chi connectivity index (χ3n) is 5.79. The summed E-state index contributed by atoms with van der Waals surface area (Å²) in [5.74, 6) is 0.318. The minimum Gasteiger partial charge on any atom is -0.332 e. The van der Waals surface area contributed by atoms with Crippen LogP contribution in [0.4, 0.5) is 0 Å². The first-order chi connectivity index (χ1) is 12.1. The van der Waals surface area contributed by atoms with Crippen molar-refractivity contribution in [2.75, 3.05) is 26.7 Å². The molecule has 1 heterocycles. The summed E-state index contributed by atoms with van der Waals surface area (Å²) in [6.07, 6.45) is 1.95. The van der Waals surface area contributed by atoms with E-state index in [0.717, 1.165) is 32.5 Å². The monoisotopic (exact) mass is 334 g/mol. The Morgan fingerprint density at radius 3 is 2.32 bits per heavy atom. The summed E-state index contributed by atoms with van der Waals surface area (Å²) < 4.78 is 0. The molecule has 2 aromatic carbocycles. The SMILES string of the molecule is Cc1ccc(C2(C(=O)N3CCN(C)C[C@@H]3c3ccccc3)CC2)cc1. The van der Waals surface area contributed by atoms with Crippen molar-refractivity contribution in [1.82, 2.24) is 9.80 Å². The molecule has 1 aliphatic heterocycles. The van der Waals surface area contributed by atoms with Crippen molar-refractivity contribution in [3.63, 3.8) is 0 Å². The zero-order chi connectivity index (χ0) is 17.4. The van der Waals surface area contributed by atoms with Gasteiger partial charge in [0, 0.05) is 19.6 Å². The maximum absolute atomic E-state index is 13.6. The fraction of sp³-hybridized carbons (Fsp3) is 0.409. The number of benzene rings is 2. The Morgan fingerprint density at radius 2 is 1.68 bits per heavy atom. The van der Waals surface area contributed by atoms with Crippen LogP contribution in [0.2, 0.25) is 0 Å². The maximum atomic E-state index is 13.6. The fourth-order valence-corrected chi connectivity index (χ4v) is 4.02. The summed E-state index contributed by atoms with van der Waals surface area (Å²) in [5.41, 5.74) is 3.39. The lowest BCUT2D eigenvalue weighted by molar-refractivity contribution is -0.139. The van der Waals surface area contributed by atoms with E-state index in [1.54, 1.807) is 0 Å². The van der Waals surface area contributed by atoms with Crippen molar-refractivity contribution in [3.05, 3.63) is 71.3 Å². The van der Waals surface area contributed by atoms with Crippen LogP contribution in [0.3, 0.4) is 0 Å². The van der Waals surface area contributed by atoms with Crippen molar-refractivity contribution in [2.45, 2.75) is 31.2 Å². The van der Waals surface area contributed by atoms with Crippen molar-refractivity contribution in [3.8, 4) is 0 Å². The van der Waals surface area contributed by atoms with E-state index in [1.165, 1.54) is 16.7 Å². The average molecular weight is 334 g/mol. The van der Waals surface area contributed by atoms with Gasteiger partial charge < -0.3 is 9.80 Å². The first-order valence-corrected chi connectivity index (χ1v) is 9.22. The quantitative estimate of drug-likeness (QED) is 0.857. The Bertz CT molecular complexity index is 749. The lowest BCUT2D eigenvalue weighted by atomic mass is 9.91. The van der Waals surface area contributed by atoms with Crippen molar-refractivity contribution in [2.24, 2.45) is 0 Å². The van der Waals surface area contributed by atoms with E-state index >= 15 is 0 Å². The number of hydrogen-bond acceptors (Lipinski definition) is 2. The Balaban J connectivity index is 1.64. The largest absolute Gasteiger partial charge is 0.332 e. The van der Waals surface area contributed by atoms with Gasteiger partial charge in [-0.05, 0) is 37.9 Å². The maximum Gasteiger partial charge on any atom is 0.233 e. The minimum absolute atomic E-state index is 0.148. The van der Waals surface area contributed by atoms with Gasteiger partial charge in [-0.3, -0.25) is 4.79 Å². The molecule has 25 heavy (non-hydrogen) atoms. The summed E-state index contributed by atoms with van der Waals surface area (Å²) >= 11 is 0. The predicted octanol–water partition coefficient (Wildman–Crippen LogP) is 3.54. The lowest BCUT2D eigenvalue weighted by Crippen LogP contribution is -2.52. The molecule has 0 spiro atoms. The van der Waals surface area contributed by atoms with E-state index in [2.05, 4.69) is 72.3 Å². The van der Waals surface area contributed by atoms with Crippen LogP contribution in [-0.2, 0) is 10.2 Å². The average Bonchev–Trinajstić information content (AvgIpc) is 3.44.